The summed E-state index contributed by atoms with van der Waals surface area (Å²) in [5.74, 6) is 0.183. The summed E-state index contributed by atoms with van der Waals surface area (Å²) in [6, 6.07) is 10.2. The Morgan fingerprint density at radius 1 is 1.06 bits per heavy atom. The molecule has 1 atom stereocenters. The van der Waals surface area contributed by atoms with Gasteiger partial charge in [-0.15, -0.1) is 10.2 Å². The van der Waals surface area contributed by atoms with E-state index in [1.807, 2.05) is 45.0 Å². The molecule has 31 heavy (non-hydrogen) atoms. The van der Waals surface area contributed by atoms with Crippen molar-refractivity contribution in [3.05, 3.63) is 79.6 Å². The first-order valence-electron chi connectivity index (χ1n) is 9.75. The van der Waals surface area contributed by atoms with Gasteiger partial charge in [0.25, 0.3) is 5.91 Å². The number of carbonyl (C=O) groups excluding carboxylic acids is 1. The first-order chi connectivity index (χ1) is 14.9. The fourth-order valence-corrected chi connectivity index (χ4v) is 4.71. The molecule has 0 spiro atoms. The van der Waals surface area contributed by atoms with Gasteiger partial charge in [-0.1, -0.05) is 29.5 Å². The molecule has 7 nitrogen and oxygen atoms in total. The van der Waals surface area contributed by atoms with Crippen molar-refractivity contribution in [3.63, 3.8) is 0 Å². The molecule has 1 unspecified atom stereocenters. The van der Waals surface area contributed by atoms with Gasteiger partial charge in [-0.3, -0.25) is 14.5 Å². The van der Waals surface area contributed by atoms with Crippen LogP contribution in [0, 0.1) is 20.8 Å². The molecule has 1 aliphatic rings. The number of amides is 1. The number of nitrogens with zero attached hydrogens (tertiary/aromatic N) is 3. The average molecular weight is 433 g/mol. The molecule has 156 valence electrons. The summed E-state index contributed by atoms with van der Waals surface area (Å²) in [5, 5.41) is 9.81. The second kappa shape index (κ2) is 7.02. The molecule has 3 heterocycles. The quantitative estimate of drug-likeness (QED) is 0.478. The highest BCUT2D eigenvalue weighted by Crippen LogP contribution is 2.44. The van der Waals surface area contributed by atoms with Crippen molar-refractivity contribution in [2.24, 2.45) is 0 Å². The minimum absolute atomic E-state index is 0.0320. The third kappa shape index (κ3) is 2.86. The van der Waals surface area contributed by atoms with Crippen molar-refractivity contribution < 1.29 is 13.9 Å². The molecule has 1 aliphatic heterocycles. The number of ether oxygens (including phenoxy) is 1. The van der Waals surface area contributed by atoms with Crippen molar-refractivity contribution in [1.82, 2.24) is 10.2 Å². The Kier molecular flexibility index (Phi) is 4.40. The molecule has 1 amide bonds. The zero-order chi connectivity index (χ0) is 21.9. The van der Waals surface area contributed by atoms with Gasteiger partial charge >= 0.3 is 0 Å². The summed E-state index contributed by atoms with van der Waals surface area (Å²) in [6.45, 7) is 5.70. The van der Waals surface area contributed by atoms with E-state index < -0.39 is 11.9 Å². The number of hydrogen-bond acceptors (Lipinski definition) is 7. The highest BCUT2D eigenvalue weighted by molar-refractivity contribution is 7.15. The molecule has 0 bridgehead atoms. The van der Waals surface area contributed by atoms with E-state index in [0.717, 1.165) is 11.1 Å². The Morgan fingerprint density at radius 3 is 2.52 bits per heavy atom. The monoisotopic (exact) mass is 433 g/mol. The zero-order valence-corrected chi connectivity index (χ0v) is 18.2. The summed E-state index contributed by atoms with van der Waals surface area (Å²) in [6.07, 6.45) is 0. The maximum atomic E-state index is 13.7. The number of rotatable bonds is 3. The smallest absolute Gasteiger partial charge is 0.297 e. The van der Waals surface area contributed by atoms with Gasteiger partial charge < -0.3 is 9.15 Å². The maximum absolute atomic E-state index is 13.7. The van der Waals surface area contributed by atoms with Crippen LogP contribution in [-0.2, 0) is 0 Å². The number of aryl methyl sites for hydroxylation is 3. The number of methoxy groups -OCH3 is 1. The lowest BCUT2D eigenvalue weighted by Gasteiger charge is -2.23. The number of hydrogen-bond donors (Lipinski definition) is 0. The van der Waals surface area contributed by atoms with Crippen LogP contribution in [0.1, 0.15) is 43.9 Å². The largest absolute Gasteiger partial charge is 0.496 e. The van der Waals surface area contributed by atoms with Crippen LogP contribution in [0.3, 0.4) is 0 Å². The van der Waals surface area contributed by atoms with Crippen LogP contribution in [0.15, 0.2) is 45.6 Å². The van der Waals surface area contributed by atoms with E-state index in [1.54, 1.807) is 19.2 Å². The Morgan fingerprint density at radius 2 is 1.81 bits per heavy atom. The SMILES string of the molecule is COc1ccccc1C1c2c(oc3cc(C)c(C)cc3c2=O)C(=O)N1c1nnc(C)s1. The van der Waals surface area contributed by atoms with E-state index in [0.29, 0.717) is 32.4 Å². The second-order valence-corrected chi connectivity index (χ2v) is 8.69. The molecule has 8 heteroatoms. The number of anilines is 1. The summed E-state index contributed by atoms with van der Waals surface area (Å²) in [4.78, 5) is 28.7. The first-order valence-corrected chi connectivity index (χ1v) is 10.6. The molecule has 5 rings (SSSR count). The summed E-state index contributed by atoms with van der Waals surface area (Å²) < 4.78 is 11.6. The van der Waals surface area contributed by atoms with Crippen molar-refractivity contribution in [2.75, 3.05) is 12.0 Å². The lowest BCUT2D eigenvalue weighted by atomic mass is 9.97. The van der Waals surface area contributed by atoms with Crippen molar-refractivity contribution in [3.8, 4) is 5.75 Å². The van der Waals surface area contributed by atoms with Gasteiger partial charge in [-0.2, -0.15) is 0 Å². The summed E-state index contributed by atoms with van der Waals surface area (Å²) >= 11 is 1.28. The van der Waals surface area contributed by atoms with Gasteiger partial charge in [0.1, 0.15) is 22.4 Å². The van der Waals surface area contributed by atoms with Gasteiger partial charge in [0.15, 0.2) is 5.43 Å². The Bertz CT molecular complexity index is 1420. The Balaban J connectivity index is 1.86. The van der Waals surface area contributed by atoms with Crippen LogP contribution >= 0.6 is 11.3 Å². The average Bonchev–Trinajstić information content (AvgIpc) is 3.30. The van der Waals surface area contributed by atoms with Crippen LogP contribution < -0.4 is 15.1 Å². The van der Waals surface area contributed by atoms with Gasteiger partial charge in [-0.05, 0) is 50.1 Å². The lowest BCUT2D eigenvalue weighted by Crippen LogP contribution is -2.29. The third-order valence-corrected chi connectivity index (χ3v) is 6.48. The molecule has 0 saturated heterocycles. The number of aromatic nitrogens is 2. The molecular formula is C23H19N3O4S. The molecule has 4 aromatic rings. The topological polar surface area (TPSA) is 85.5 Å². The summed E-state index contributed by atoms with van der Waals surface area (Å²) in [5.41, 5.74) is 3.11. The van der Waals surface area contributed by atoms with Crippen LogP contribution in [0.2, 0.25) is 0 Å². The van der Waals surface area contributed by atoms with Crippen LogP contribution in [0.4, 0.5) is 5.13 Å². The molecule has 0 fully saturated rings. The molecule has 0 aliphatic carbocycles. The Labute approximate surface area is 181 Å². The minimum atomic E-state index is -0.728. The fourth-order valence-electron chi connectivity index (χ4n) is 4.00. The van der Waals surface area contributed by atoms with E-state index >= 15 is 0 Å². The predicted octanol–water partition coefficient (Wildman–Crippen LogP) is 4.33. The van der Waals surface area contributed by atoms with Crippen molar-refractivity contribution in [1.29, 1.82) is 0 Å². The standard InChI is InChI=1S/C23H19N3O4S/c1-11-9-15-17(10-12(11)2)30-21-18(20(15)27)19(14-7-5-6-8-16(14)29-4)26(22(21)28)23-25-24-13(3)31-23/h5-10,19H,1-4H3. The lowest BCUT2D eigenvalue weighted by molar-refractivity contribution is 0.0970. The predicted molar refractivity (Wildman–Crippen MR) is 118 cm³/mol. The molecular weight excluding hydrogens is 414 g/mol. The number of benzene rings is 2. The van der Waals surface area contributed by atoms with E-state index in [-0.39, 0.29) is 16.8 Å². The van der Waals surface area contributed by atoms with E-state index in [4.69, 9.17) is 9.15 Å². The van der Waals surface area contributed by atoms with Crippen molar-refractivity contribution >= 4 is 33.3 Å². The highest BCUT2D eigenvalue weighted by atomic mass is 32.1. The minimum Gasteiger partial charge on any atom is -0.496 e. The van der Waals surface area contributed by atoms with Gasteiger partial charge in [-0.25, -0.2) is 0 Å². The van der Waals surface area contributed by atoms with E-state index in [2.05, 4.69) is 10.2 Å². The molecule has 2 aromatic heterocycles. The second-order valence-electron chi connectivity index (χ2n) is 7.53. The fraction of sp³-hybridized carbons (Fsp3) is 0.217. The summed E-state index contributed by atoms with van der Waals surface area (Å²) in [7, 11) is 1.56. The molecule has 2 aromatic carbocycles. The third-order valence-electron chi connectivity index (χ3n) is 5.64. The van der Waals surface area contributed by atoms with Gasteiger partial charge in [0.2, 0.25) is 10.9 Å². The van der Waals surface area contributed by atoms with Crippen LogP contribution in [0.5, 0.6) is 5.75 Å². The molecule has 0 N–H and O–H groups in total. The highest BCUT2D eigenvalue weighted by Gasteiger charge is 2.46. The zero-order valence-electron chi connectivity index (χ0n) is 17.4. The van der Waals surface area contributed by atoms with Crippen LogP contribution in [0.25, 0.3) is 11.0 Å². The van der Waals surface area contributed by atoms with Gasteiger partial charge in [0.05, 0.1) is 18.1 Å². The number of fused-ring (bicyclic) bond motifs is 2. The van der Waals surface area contributed by atoms with E-state index in [1.165, 1.54) is 16.2 Å². The molecule has 0 saturated carbocycles. The molecule has 0 radical (unpaired) electrons. The Hall–Kier alpha value is -3.52. The van der Waals surface area contributed by atoms with Crippen LogP contribution in [-0.4, -0.2) is 23.2 Å². The number of para-hydroxylation sites is 1. The van der Waals surface area contributed by atoms with Crippen molar-refractivity contribution in [2.45, 2.75) is 26.8 Å². The number of carbonyl (C=O) groups is 1. The normalized spacial score (nSPS) is 15.5. The maximum Gasteiger partial charge on any atom is 0.297 e. The van der Waals surface area contributed by atoms with Gasteiger partial charge in [0, 0.05) is 5.56 Å². The van der Waals surface area contributed by atoms with E-state index in [9.17, 15) is 9.59 Å². The first kappa shape index (κ1) is 19.4.